The number of carbonyl (C=O) groups is 4. The summed E-state index contributed by atoms with van der Waals surface area (Å²) < 4.78 is 5.02. The minimum Gasteiger partial charge on any atom is -0.452 e. The summed E-state index contributed by atoms with van der Waals surface area (Å²) in [6.45, 7) is 2.99. The highest BCUT2D eigenvalue weighted by Gasteiger charge is 2.23. The second-order valence-electron chi connectivity index (χ2n) is 6.95. The molecule has 1 aromatic carbocycles. The smallest absolute Gasteiger partial charge is 0.339 e. The quantitative estimate of drug-likeness (QED) is 0.533. The van der Waals surface area contributed by atoms with Crippen molar-refractivity contribution >= 4 is 35.5 Å². The molecule has 8 heteroatoms. The summed E-state index contributed by atoms with van der Waals surface area (Å²) in [6.07, 6.45) is 4.16. The predicted molar refractivity (Wildman–Crippen MR) is 106 cm³/mol. The maximum absolute atomic E-state index is 12.3. The first-order valence-corrected chi connectivity index (χ1v) is 10.3. The fraction of sp³-hybridized carbons (Fsp3) is 0.500. The van der Waals surface area contributed by atoms with Gasteiger partial charge in [0.1, 0.15) is 5.78 Å². The molecule has 1 fully saturated rings. The lowest BCUT2D eigenvalue weighted by Crippen LogP contribution is -2.48. The Hall–Kier alpha value is -2.35. The molecule has 0 aromatic heterocycles. The standard InChI is InChI=1S/C20H26N2O5S/c1-13-7-3-5-9-16(13)21-20(26)22-18(24)11-27-19(25)15-8-4-6-10-17(15)28-12-14(2)23/h4,6,8,10,13,16H,3,5,7,9,11-12H2,1-2H3,(H2,21,22,24,26)/t13-,16-/m1/s1. The molecule has 2 rings (SSSR count). The SMILES string of the molecule is CC(=O)CSc1ccccc1C(=O)OCC(=O)NC(=O)N[C@@H]1CCCC[C@H]1C. The molecule has 1 aliphatic carbocycles. The average Bonchev–Trinajstić information content (AvgIpc) is 2.66. The second-order valence-corrected chi connectivity index (χ2v) is 7.97. The van der Waals surface area contributed by atoms with Crippen molar-refractivity contribution in [3.8, 4) is 0 Å². The van der Waals surface area contributed by atoms with Gasteiger partial charge < -0.3 is 10.1 Å². The Balaban J connectivity index is 1.81. The van der Waals surface area contributed by atoms with Crippen LogP contribution in [-0.2, 0) is 14.3 Å². The Morgan fingerprint density at radius 1 is 1.14 bits per heavy atom. The number of amides is 3. The van der Waals surface area contributed by atoms with Crippen LogP contribution in [0.15, 0.2) is 29.2 Å². The lowest BCUT2D eigenvalue weighted by atomic mass is 9.86. The van der Waals surface area contributed by atoms with E-state index >= 15 is 0 Å². The van der Waals surface area contributed by atoms with E-state index in [-0.39, 0.29) is 23.1 Å². The van der Waals surface area contributed by atoms with E-state index < -0.39 is 24.5 Å². The van der Waals surface area contributed by atoms with Gasteiger partial charge in [-0.15, -0.1) is 11.8 Å². The molecular weight excluding hydrogens is 380 g/mol. The topological polar surface area (TPSA) is 102 Å². The highest BCUT2D eigenvalue weighted by molar-refractivity contribution is 8.00. The number of urea groups is 1. The molecule has 152 valence electrons. The molecule has 7 nitrogen and oxygen atoms in total. The number of hydrogen-bond donors (Lipinski definition) is 2. The van der Waals surface area contributed by atoms with Gasteiger partial charge in [-0.25, -0.2) is 9.59 Å². The number of thioether (sulfide) groups is 1. The first kappa shape index (κ1) is 21.9. The van der Waals surface area contributed by atoms with E-state index in [0.717, 1.165) is 25.7 Å². The van der Waals surface area contributed by atoms with Gasteiger partial charge in [0, 0.05) is 10.9 Å². The fourth-order valence-electron chi connectivity index (χ4n) is 3.05. The monoisotopic (exact) mass is 406 g/mol. The zero-order chi connectivity index (χ0) is 20.5. The van der Waals surface area contributed by atoms with Gasteiger partial charge in [0.15, 0.2) is 6.61 Å². The third-order valence-corrected chi connectivity index (χ3v) is 5.77. The maximum atomic E-state index is 12.3. The van der Waals surface area contributed by atoms with E-state index in [9.17, 15) is 19.2 Å². The molecule has 2 atom stereocenters. The Morgan fingerprint density at radius 3 is 2.57 bits per heavy atom. The van der Waals surface area contributed by atoms with Crippen molar-refractivity contribution < 1.29 is 23.9 Å². The van der Waals surface area contributed by atoms with Gasteiger partial charge in [-0.3, -0.25) is 14.9 Å². The number of hydrogen-bond acceptors (Lipinski definition) is 6. The first-order valence-electron chi connectivity index (χ1n) is 9.35. The average molecular weight is 407 g/mol. The molecule has 0 saturated heterocycles. The van der Waals surface area contributed by atoms with Crippen molar-refractivity contribution in [2.45, 2.75) is 50.5 Å². The minimum absolute atomic E-state index is 0.00848. The van der Waals surface area contributed by atoms with Crippen LogP contribution in [0.2, 0.25) is 0 Å². The lowest BCUT2D eigenvalue weighted by Gasteiger charge is -2.29. The summed E-state index contributed by atoms with van der Waals surface area (Å²) in [4.78, 5) is 47.9. The molecule has 1 aromatic rings. The van der Waals surface area contributed by atoms with E-state index in [0.29, 0.717) is 10.8 Å². The number of Topliss-reactive ketones (excluding diaryl/α,β-unsaturated/α-hetero) is 1. The predicted octanol–water partition coefficient (Wildman–Crippen LogP) is 2.93. The summed E-state index contributed by atoms with van der Waals surface area (Å²) >= 11 is 1.23. The van der Waals surface area contributed by atoms with Crippen molar-refractivity contribution in [1.29, 1.82) is 0 Å². The number of imide groups is 1. The van der Waals surface area contributed by atoms with Gasteiger partial charge in [-0.05, 0) is 37.8 Å². The third-order valence-electron chi connectivity index (χ3n) is 4.55. The van der Waals surface area contributed by atoms with Crippen LogP contribution in [-0.4, -0.2) is 42.1 Å². The van der Waals surface area contributed by atoms with Crippen LogP contribution in [0.4, 0.5) is 4.79 Å². The molecule has 0 spiro atoms. The summed E-state index contributed by atoms with van der Waals surface area (Å²) in [7, 11) is 0. The highest BCUT2D eigenvalue weighted by Crippen LogP contribution is 2.24. The molecule has 1 saturated carbocycles. The van der Waals surface area contributed by atoms with Crippen molar-refractivity contribution in [2.75, 3.05) is 12.4 Å². The Labute approximate surface area is 169 Å². The number of ether oxygens (including phenoxy) is 1. The number of nitrogens with one attached hydrogen (secondary N) is 2. The number of carbonyl (C=O) groups excluding carboxylic acids is 4. The van der Waals surface area contributed by atoms with Crippen molar-refractivity contribution in [3.63, 3.8) is 0 Å². The van der Waals surface area contributed by atoms with Crippen molar-refractivity contribution in [1.82, 2.24) is 10.6 Å². The molecule has 0 aliphatic heterocycles. The van der Waals surface area contributed by atoms with E-state index in [1.54, 1.807) is 24.3 Å². The van der Waals surface area contributed by atoms with E-state index in [4.69, 9.17) is 4.74 Å². The highest BCUT2D eigenvalue weighted by atomic mass is 32.2. The van der Waals surface area contributed by atoms with Crippen LogP contribution in [0.5, 0.6) is 0 Å². The molecule has 28 heavy (non-hydrogen) atoms. The van der Waals surface area contributed by atoms with Gasteiger partial charge in [0.2, 0.25) is 0 Å². The summed E-state index contributed by atoms with van der Waals surface area (Å²) in [6, 6.07) is 6.19. The van der Waals surface area contributed by atoms with E-state index in [2.05, 4.69) is 17.6 Å². The molecule has 0 heterocycles. The zero-order valence-electron chi connectivity index (χ0n) is 16.2. The Morgan fingerprint density at radius 2 is 1.86 bits per heavy atom. The fourth-order valence-corrected chi connectivity index (χ4v) is 3.89. The van der Waals surface area contributed by atoms with Crippen LogP contribution >= 0.6 is 11.8 Å². The van der Waals surface area contributed by atoms with Gasteiger partial charge in [0.25, 0.3) is 5.91 Å². The summed E-state index contributed by atoms with van der Waals surface area (Å²) in [5, 5.41) is 5.00. The van der Waals surface area contributed by atoms with Gasteiger partial charge in [-0.2, -0.15) is 0 Å². The third kappa shape index (κ3) is 6.99. The summed E-state index contributed by atoms with van der Waals surface area (Å²) in [5.41, 5.74) is 0.280. The van der Waals surface area contributed by atoms with E-state index in [1.807, 2.05) is 0 Å². The molecule has 0 radical (unpaired) electrons. The molecule has 3 amide bonds. The minimum atomic E-state index is -0.691. The second kappa shape index (κ2) is 10.8. The molecule has 0 unspecified atom stereocenters. The molecule has 0 bridgehead atoms. The number of esters is 1. The van der Waals surface area contributed by atoms with Crippen molar-refractivity contribution in [2.24, 2.45) is 5.92 Å². The van der Waals surface area contributed by atoms with Crippen LogP contribution in [0.25, 0.3) is 0 Å². The first-order chi connectivity index (χ1) is 13.4. The largest absolute Gasteiger partial charge is 0.452 e. The van der Waals surface area contributed by atoms with Gasteiger partial charge >= 0.3 is 12.0 Å². The van der Waals surface area contributed by atoms with E-state index in [1.165, 1.54) is 18.7 Å². The lowest BCUT2D eigenvalue weighted by molar-refractivity contribution is -0.123. The van der Waals surface area contributed by atoms with Gasteiger partial charge in [0.05, 0.1) is 11.3 Å². The molecule has 2 N–H and O–H groups in total. The maximum Gasteiger partial charge on any atom is 0.339 e. The van der Waals surface area contributed by atoms with Crippen LogP contribution in [0, 0.1) is 5.92 Å². The normalized spacial score (nSPS) is 18.8. The van der Waals surface area contributed by atoms with Crippen LogP contribution in [0.1, 0.15) is 49.9 Å². The summed E-state index contributed by atoms with van der Waals surface area (Å²) in [5.74, 6) is -0.765. The Kier molecular flexibility index (Phi) is 8.50. The van der Waals surface area contributed by atoms with Crippen LogP contribution < -0.4 is 10.6 Å². The van der Waals surface area contributed by atoms with Crippen LogP contribution in [0.3, 0.4) is 0 Å². The molecule has 1 aliphatic rings. The molecular formula is C20H26N2O5S. The van der Waals surface area contributed by atoms with Crippen molar-refractivity contribution in [3.05, 3.63) is 29.8 Å². The zero-order valence-corrected chi connectivity index (χ0v) is 17.0. The Bertz CT molecular complexity index is 737. The number of ketones is 1. The van der Waals surface area contributed by atoms with Gasteiger partial charge in [-0.1, -0.05) is 31.9 Å². The number of rotatable bonds is 7. The number of benzene rings is 1.